The van der Waals surface area contributed by atoms with Crippen LogP contribution in [0.4, 0.5) is 0 Å². The number of hydrogen-bond donors (Lipinski definition) is 1. The molecule has 0 aliphatic rings. The molecule has 2 rings (SSSR count). The van der Waals surface area contributed by atoms with Gasteiger partial charge in [-0.1, -0.05) is 11.6 Å². The third kappa shape index (κ3) is 1.52. The first-order valence-corrected chi connectivity index (χ1v) is 4.27. The highest BCUT2D eigenvalue weighted by Crippen LogP contribution is 2.16. The van der Waals surface area contributed by atoms with E-state index in [4.69, 9.17) is 17.3 Å². The molecular weight excluding hydrogens is 202 g/mol. The van der Waals surface area contributed by atoms with E-state index in [1.807, 2.05) is 0 Å². The Labute approximate surface area is 84.7 Å². The molecule has 70 valence electrons. The summed E-state index contributed by atoms with van der Waals surface area (Å²) in [5.41, 5.74) is 5.70. The van der Waals surface area contributed by atoms with E-state index in [0.717, 1.165) is 5.39 Å². The van der Waals surface area contributed by atoms with Crippen LogP contribution in [0.1, 0.15) is 10.6 Å². The molecule has 0 saturated carbocycles. The standard InChI is InChI=1S/C9H6ClN3O/c10-6-1-2-7-5(3-6)4-12-9(13-7)8(11)14/h1-4H,(H2,11,14). The zero-order valence-electron chi connectivity index (χ0n) is 7.07. The van der Waals surface area contributed by atoms with Crippen LogP contribution in [0.15, 0.2) is 24.4 Å². The van der Waals surface area contributed by atoms with Crippen molar-refractivity contribution in [2.24, 2.45) is 5.73 Å². The van der Waals surface area contributed by atoms with Crippen molar-refractivity contribution in [3.63, 3.8) is 0 Å². The Morgan fingerprint density at radius 3 is 2.93 bits per heavy atom. The Kier molecular flexibility index (Phi) is 2.05. The van der Waals surface area contributed by atoms with Gasteiger partial charge in [0.25, 0.3) is 5.91 Å². The van der Waals surface area contributed by atoms with Crippen molar-refractivity contribution in [3.05, 3.63) is 35.2 Å². The average Bonchev–Trinajstić information content (AvgIpc) is 2.16. The fourth-order valence-corrected chi connectivity index (χ4v) is 1.30. The van der Waals surface area contributed by atoms with Crippen molar-refractivity contribution >= 4 is 28.4 Å². The molecular formula is C9H6ClN3O. The second-order valence-corrected chi connectivity index (χ2v) is 3.20. The second-order valence-electron chi connectivity index (χ2n) is 2.76. The molecule has 2 aromatic rings. The number of hydrogen-bond acceptors (Lipinski definition) is 3. The number of nitrogens with zero attached hydrogens (tertiary/aromatic N) is 2. The summed E-state index contributed by atoms with van der Waals surface area (Å²) in [5.74, 6) is -0.623. The molecule has 4 nitrogen and oxygen atoms in total. The number of benzene rings is 1. The highest BCUT2D eigenvalue weighted by molar-refractivity contribution is 6.31. The third-order valence-electron chi connectivity index (χ3n) is 1.76. The number of carbonyl (C=O) groups is 1. The number of amides is 1. The van der Waals surface area contributed by atoms with Crippen molar-refractivity contribution in [1.82, 2.24) is 9.97 Å². The summed E-state index contributed by atoms with van der Waals surface area (Å²) in [7, 11) is 0. The molecule has 2 N–H and O–H groups in total. The van der Waals surface area contributed by atoms with Crippen molar-refractivity contribution in [3.8, 4) is 0 Å². The van der Waals surface area contributed by atoms with E-state index >= 15 is 0 Å². The number of nitrogens with two attached hydrogens (primary N) is 1. The van der Waals surface area contributed by atoms with Gasteiger partial charge in [-0.3, -0.25) is 4.79 Å². The molecule has 0 atom stereocenters. The lowest BCUT2D eigenvalue weighted by atomic mass is 10.2. The quantitative estimate of drug-likeness (QED) is 0.768. The van der Waals surface area contributed by atoms with Gasteiger partial charge in [0.2, 0.25) is 5.82 Å². The van der Waals surface area contributed by atoms with Gasteiger partial charge >= 0.3 is 0 Å². The van der Waals surface area contributed by atoms with E-state index in [1.54, 1.807) is 18.2 Å². The van der Waals surface area contributed by atoms with Gasteiger partial charge in [0.05, 0.1) is 5.52 Å². The van der Waals surface area contributed by atoms with E-state index in [9.17, 15) is 4.79 Å². The maximum Gasteiger partial charge on any atom is 0.286 e. The first-order valence-electron chi connectivity index (χ1n) is 3.89. The minimum Gasteiger partial charge on any atom is -0.363 e. The smallest absolute Gasteiger partial charge is 0.286 e. The molecule has 14 heavy (non-hydrogen) atoms. The lowest BCUT2D eigenvalue weighted by Gasteiger charge is -1.98. The first-order chi connectivity index (χ1) is 6.66. The molecule has 5 heteroatoms. The molecule has 1 aromatic carbocycles. The Bertz CT molecular complexity index is 512. The van der Waals surface area contributed by atoms with Crippen LogP contribution in [-0.4, -0.2) is 15.9 Å². The summed E-state index contributed by atoms with van der Waals surface area (Å²) < 4.78 is 0. The minimum atomic E-state index is -0.637. The number of rotatable bonds is 1. The van der Waals surface area contributed by atoms with Gasteiger partial charge < -0.3 is 5.73 Å². The van der Waals surface area contributed by atoms with Crippen molar-refractivity contribution in [2.45, 2.75) is 0 Å². The van der Waals surface area contributed by atoms with E-state index in [0.29, 0.717) is 10.5 Å². The van der Waals surface area contributed by atoms with E-state index in [-0.39, 0.29) is 5.82 Å². The largest absolute Gasteiger partial charge is 0.363 e. The first kappa shape index (κ1) is 8.90. The summed E-state index contributed by atoms with van der Waals surface area (Å²) >= 11 is 5.77. The predicted octanol–water partition coefficient (Wildman–Crippen LogP) is 1.38. The Morgan fingerprint density at radius 2 is 2.21 bits per heavy atom. The molecule has 0 saturated heterocycles. The summed E-state index contributed by atoms with van der Waals surface area (Å²) in [5, 5.41) is 1.38. The number of fused-ring (bicyclic) bond motifs is 1. The Hall–Kier alpha value is -1.68. The van der Waals surface area contributed by atoms with Gasteiger partial charge in [-0.2, -0.15) is 0 Å². The van der Waals surface area contributed by atoms with E-state index in [2.05, 4.69) is 9.97 Å². The zero-order valence-corrected chi connectivity index (χ0v) is 7.82. The minimum absolute atomic E-state index is 0.0137. The molecule has 0 aliphatic carbocycles. The Morgan fingerprint density at radius 1 is 1.43 bits per heavy atom. The van der Waals surface area contributed by atoms with Crippen molar-refractivity contribution in [1.29, 1.82) is 0 Å². The highest BCUT2D eigenvalue weighted by atomic mass is 35.5. The number of halogens is 1. The number of carbonyl (C=O) groups excluding carboxylic acids is 1. The van der Waals surface area contributed by atoms with Crippen LogP contribution in [0.2, 0.25) is 5.02 Å². The molecule has 0 spiro atoms. The highest BCUT2D eigenvalue weighted by Gasteiger charge is 2.04. The predicted molar refractivity (Wildman–Crippen MR) is 53.1 cm³/mol. The van der Waals surface area contributed by atoms with E-state index < -0.39 is 5.91 Å². The van der Waals surface area contributed by atoms with Crippen LogP contribution in [0.25, 0.3) is 10.9 Å². The van der Waals surface area contributed by atoms with Gasteiger partial charge in [0.15, 0.2) is 0 Å². The van der Waals surface area contributed by atoms with Crippen LogP contribution in [0.5, 0.6) is 0 Å². The fourth-order valence-electron chi connectivity index (χ4n) is 1.12. The van der Waals surface area contributed by atoms with Crippen LogP contribution in [0, 0.1) is 0 Å². The van der Waals surface area contributed by atoms with Crippen LogP contribution >= 0.6 is 11.6 Å². The van der Waals surface area contributed by atoms with Crippen molar-refractivity contribution < 1.29 is 4.79 Å². The van der Waals surface area contributed by atoms with E-state index in [1.165, 1.54) is 6.20 Å². The molecule has 1 aromatic heterocycles. The molecule has 1 amide bonds. The topological polar surface area (TPSA) is 68.9 Å². The summed E-state index contributed by atoms with van der Waals surface area (Å²) in [6, 6.07) is 5.13. The summed E-state index contributed by atoms with van der Waals surface area (Å²) in [6.45, 7) is 0. The number of aromatic nitrogens is 2. The van der Waals surface area contributed by atoms with Gasteiger partial charge in [-0.25, -0.2) is 9.97 Å². The molecule has 0 aliphatic heterocycles. The lowest BCUT2D eigenvalue weighted by molar-refractivity contribution is 0.0991. The molecule has 0 radical (unpaired) electrons. The monoisotopic (exact) mass is 207 g/mol. The SMILES string of the molecule is NC(=O)c1ncc2cc(Cl)ccc2n1. The molecule has 0 fully saturated rings. The average molecular weight is 208 g/mol. The maximum absolute atomic E-state index is 10.8. The fraction of sp³-hybridized carbons (Fsp3) is 0. The molecule has 1 heterocycles. The van der Waals surface area contributed by atoms with Gasteiger partial charge in [0, 0.05) is 16.6 Å². The lowest BCUT2D eigenvalue weighted by Crippen LogP contribution is -2.14. The van der Waals surface area contributed by atoms with Gasteiger partial charge in [0.1, 0.15) is 0 Å². The van der Waals surface area contributed by atoms with Gasteiger partial charge in [-0.05, 0) is 18.2 Å². The second kappa shape index (κ2) is 3.23. The van der Waals surface area contributed by atoms with Crippen LogP contribution in [0.3, 0.4) is 0 Å². The Balaban J connectivity index is 2.67. The van der Waals surface area contributed by atoms with Gasteiger partial charge in [-0.15, -0.1) is 0 Å². The summed E-state index contributed by atoms with van der Waals surface area (Å²) in [4.78, 5) is 18.6. The van der Waals surface area contributed by atoms with Crippen LogP contribution in [-0.2, 0) is 0 Å². The zero-order chi connectivity index (χ0) is 10.1. The normalized spacial score (nSPS) is 10.4. The van der Waals surface area contributed by atoms with Crippen molar-refractivity contribution in [2.75, 3.05) is 0 Å². The molecule has 0 unspecified atom stereocenters. The maximum atomic E-state index is 10.8. The van der Waals surface area contributed by atoms with Crippen LogP contribution < -0.4 is 5.73 Å². The third-order valence-corrected chi connectivity index (χ3v) is 2.00. The number of primary amides is 1. The summed E-state index contributed by atoms with van der Waals surface area (Å²) in [6.07, 6.45) is 1.52. The molecule has 0 bridgehead atoms.